The van der Waals surface area contributed by atoms with E-state index in [1.165, 1.54) is 25.7 Å². The molecule has 1 heteroatoms. The first kappa shape index (κ1) is 13.4. The van der Waals surface area contributed by atoms with Gasteiger partial charge in [-0.1, -0.05) is 43.3 Å². The van der Waals surface area contributed by atoms with Crippen molar-refractivity contribution >= 4 is 0 Å². The first-order valence-electron chi connectivity index (χ1n) is 7.35. The highest BCUT2D eigenvalue weighted by molar-refractivity contribution is 5.32. The van der Waals surface area contributed by atoms with Crippen LogP contribution < -0.4 is 5.32 Å². The van der Waals surface area contributed by atoms with Crippen molar-refractivity contribution in [3.63, 3.8) is 0 Å². The molecule has 2 rings (SSSR count). The molecule has 1 nitrogen and oxygen atoms in total. The Balaban J connectivity index is 1.84. The predicted octanol–water partition coefficient (Wildman–Crippen LogP) is 4.05. The van der Waals surface area contributed by atoms with E-state index in [4.69, 9.17) is 0 Å². The fourth-order valence-corrected chi connectivity index (χ4v) is 2.84. The lowest BCUT2D eigenvalue weighted by Gasteiger charge is -2.24. The van der Waals surface area contributed by atoms with Crippen molar-refractivity contribution in [3.8, 4) is 0 Å². The Morgan fingerprint density at radius 2 is 2.17 bits per heavy atom. The minimum Gasteiger partial charge on any atom is -0.317 e. The molecular formula is C17H25N. The number of nitrogens with one attached hydrogen (secondary N) is 1. The molecule has 98 valence electrons. The number of benzene rings is 1. The van der Waals surface area contributed by atoms with Gasteiger partial charge in [0.2, 0.25) is 0 Å². The Hall–Kier alpha value is -1.08. The van der Waals surface area contributed by atoms with Crippen LogP contribution in [0.3, 0.4) is 0 Å². The highest BCUT2D eigenvalue weighted by atomic mass is 14.8. The third kappa shape index (κ3) is 3.71. The molecule has 0 heterocycles. The molecule has 0 saturated carbocycles. The summed E-state index contributed by atoms with van der Waals surface area (Å²) in [5.41, 5.74) is 3.18. The molecule has 1 aromatic carbocycles. The van der Waals surface area contributed by atoms with Crippen LogP contribution in [0, 0.1) is 0 Å². The zero-order valence-electron chi connectivity index (χ0n) is 11.5. The van der Waals surface area contributed by atoms with Crippen molar-refractivity contribution in [2.45, 2.75) is 44.9 Å². The van der Waals surface area contributed by atoms with Gasteiger partial charge in [-0.3, -0.25) is 0 Å². The van der Waals surface area contributed by atoms with Crippen molar-refractivity contribution in [1.82, 2.24) is 5.32 Å². The van der Waals surface area contributed by atoms with Crippen molar-refractivity contribution in [1.29, 1.82) is 0 Å². The lowest BCUT2D eigenvalue weighted by Crippen LogP contribution is -2.13. The van der Waals surface area contributed by atoms with E-state index in [0.717, 1.165) is 25.4 Å². The van der Waals surface area contributed by atoms with Crippen LogP contribution in [0.15, 0.2) is 36.4 Å². The minimum atomic E-state index is 0.755. The summed E-state index contributed by atoms with van der Waals surface area (Å²) in [5, 5.41) is 3.35. The Bertz CT molecular complexity index is 381. The first-order chi connectivity index (χ1) is 8.92. The predicted molar refractivity (Wildman–Crippen MR) is 79.0 cm³/mol. The summed E-state index contributed by atoms with van der Waals surface area (Å²) in [6.07, 6.45) is 11.1. The molecule has 0 amide bonds. The third-order valence-electron chi connectivity index (χ3n) is 3.82. The second-order valence-electron chi connectivity index (χ2n) is 5.14. The van der Waals surface area contributed by atoms with E-state index in [1.54, 1.807) is 11.1 Å². The molecule has 0 aromatic heterocycles. The van der Waals surface area contributed by atoms with Crippen molar-refractivity contribution < 1.29 is 0 Å². The van der Waals surface area contributed by atoms with E-state index in [2.05, 4.69) is 48.7 Å². The SMILES string of the molecule is CCNCCC=CCC1CCCc2ccccc21. The molecule has 0 saturated heterocycles. The van der Waals surface area contributed by atoms with Gasteiger partial charge >= 0.3 is 0 Å². The normalized spacial score (nSPS) is 19.1. The number of aryl methyl sites for hydroxylation is 1. The maximum absolute atomic E-state index is 3.35. The van der Waals surface area contributed by atoms with Gasteiger partial charge in [0.15, 0.2) is 0 Å². The van der Waals surface area contributed by atoms with Gasteiger partial charge in [-0.2, -0.15) is 0 Å². The molecule has 1 unspecified atom stereocenters. The fourth-order valence-electron chi connectivity index (χ4n) is 2.84. The van der Waals surface area contributed by atoms with E-state index in [1.807, 2.05) is 0 Å². The van der Waals surface area contributed by atoms with Gasteiger partial charge in [-0.25, -0.2) is 0 Å². The largest absolute Gasteiger partial charge is 0.317 e. The average molecular weight is 243 g/mol. The van der Waals surface area contributed by atoms with Gasteiger partial charge in [0.25, 0.3) is 0 Å². The number of hydrogen-bond donors (Lipinski definition) is 1. The summed E-state index contributed by atoms with van der Waals surface area (Å²) < 4.78 is 0. The van der Waals surface area contributed by atoms with E-state index in [9.17, 15) is 0 Å². The second kappa shape index (κ2) is 7.38. The molecule has 0 aliphatic heterocycles. The molecule has 1 aliphatic rings. The highest BCUT2D eigenvalue weighted by Gasteiger charge is 2.17. The van der Waals surface area contributed by atoms with Gasteiger partial charge in [0.1, 0.15) is 0 Å². The van der Waals surface area contributed by atoms with E-state index in [-0.39, 0.29) is 0 Å². The van der Waals surface area contributed by atoms with Crippen LogP contribution in [0.4, 0.5) is 0 Å². The molecule has 0 radical (unpaired) electrons. The van der Waals surface area contributed by atoms with Crippen LogP contribution in [0.25, 0.3) is 0 Å². The average Bonchev–Trinajstić information content (AvgIpc) is 2.43. The van der Waals surface area contributed by atoms with Crippen LogP contribution in [-0.4, -0.2) is 13.1 Å². The Kier molecular flexibility index (Phi) is 5.47. The zero-order chi connectivity index (χ0) is 12.6. The summed E-state index contributed by atoms with van der Waals surface area (Å²) >= 11 is 0. The maximum Gasteiger partial charge on any atom is -0.00144 e. The molecule has 1 aromatic rings. The molecule has 0 fully saturated rings. The van der Waals surface area contributed by atoms with Crippen molar-refractivity contribution in [2.24, 2.45) is 0 Å². The first-order valence-corrected chi connectivity index (χ1v) is 7.35. The number of rotatable bonds is 6. The van der Waals surface area contributed by atoms with Crippen LogP contribution in [0.2, 0.25) is 0 Å². The topological polar surface area (TPSA) is 12.0 Å². The van der Waals surface area contributed by atoms with Gasteiger partial charge in [-0.15, -0.1) is 0 Å². The van der Waals surface area contributed by atoms with Crippen LogP contribution in [0.1, 0.15) is 49.7 Å². The highest BCUT2D eigenvalue weighted by Crippen LogP contribution is 2.33. The van der Waals surface area contributed by atoms with Crippen molar-refractivity contribution in [3.05, 3.63) is 47.5 Å². The third-order valence-corrected chi connectivity index (χ3v) is 3.82. The molecule has 1 aliphatic carbocycles. The fraction of sp³-hybridized carbons (Fsp3) is 0.529. The standard InChI is InChI=1S/C17H25N/c1-2-18-14-7-3-4-9-15-11-8-12-16-10-5-6-13-17(15)16/h3-6,10,13,15,18H,2,7-9,11-12,14H2,1H3. The maximum atomic E-state index is 3.35. The van der Waals surface area contributed by atoms with Gasteiger partial charge in [0.05, 0.1) is 0 Å². The van der Waals surface area contributed by atoms with E-state index >= 15 is 0 Å². The smallest absolute Gasteiger partial charge is 0.00144 e. The zero-order valence-corrected chi connectivity index (χ0v) is 11.5. The number of hydrogen-bond acceptors (Lipinski definition) is 1. The quantitative estimate of drug-likeness (QED) is 0.587. The molecule has 1 atom stereocenters. The monoisotopic (exact) mass is 243 g/mol. The number of allylic oxidation sites excluding steroid dienone is 1. The summed E-state index contributed by atoms with van der Waals surface area (Å²) in [6.45, 7) is 4.33. The van der Waals surface area contributed by atoms with Crippen LogP contribution >= 0.6 is 0 Å². The van der Waals surface area contributed by atoms with Gasteiger partial charge in [-0.05, 0) is 62.2 Å². The van der Waals surface area contributed by atoms with E-state index in [0.29, 0.717) is 0 Å². The van der Waals surface area contributed by atoms with Crippen molar-refractivity contribution in [2.75, 3.05) is 13.1 Å². The summed E-state index contributed by atoms with van der Waals surface area (Å²) in [7, 11) is 0. The summed E-state index contributed by atoms with van der Waals surface area (Å²) in [4.78, 5) is 0. The molecule has 1 N–H and O–H groups in total. The lowest BCUT2D eigenvalue weighted by atomic mass is 9.81. The van der Waals surface area contributed by atoms with Gasteiger partial charge < -0.3 is 5.32 Å². The van der Waals surface area contributed by atoms with Crippen LogP contribution in [0.5, 0.6) is 0 Å². The molecule has 0 spiro atoms. The molecule has 0 bridgehead atoms. The second-order valence-corrected chi connectivity index (χ2v) is 5.14. The van der Waals surface area contributed by atoms with Crippen LogP contribution in [-0.2, 0) is 6.42 Å². The van der Waals surface area contributed by atoms with E-state index < -0.39 is 0 Å². The Morgan fingerprint density at radius 1 is 1.28 bits per heavy atom. The minimum absolute atomic E-state index is 0.755. The van der Waals surface area contributed by atoms with Gasteiger partial charge in [0, 0.05) is 0 Å². The Morgan fingerprint density at radius 3 is 3.06 bits per heavy atom. The number of fused-ring (bicyclic) bond motifs is 1. The molecule has 18 heavy (non-hydrogen) atoms. The Labute approximate surface area is 111 Å². The summed E-state index contributed by atoms with van der Waals surface area (Å²) in [5.74, 6) is 0.755. The summed E-state index contributed by atoms with van der Waals surface area (Å²) in [6, 6.07) is 8.99. The lowest BCUT2D eigenvalue weighted by molar-refractivity contribution is 0.557. The molecular weight excluding hydrogens is 218 g/mol.